The van der Waals surface area contributed by atoms with Gasteiger partial charge in [-0.05, 0) is 19.8 Å². The van der Waals surface area contributed by atoms with Gasteiger partial charge in [-0.25, -0.2) is 0 Å². The molecule has 1 unspecified atom stereocenters. The number of hydrogen-bond acceptors (Lipinski definition) is 3. The molecular weight excluding hydrogens is 198 g/mol. The number of nitrogens with zero attached hydrogens (tertiary/aromatic N) is 3. The zero-order chi connectivity index (χ0) is 11.8. The minimum atomic E-state index is 0.466. The van der Waals surface area contributed by atoms with Crippen LogP contribution in [0.15, 0.2) is 5.10 Å². The van der Waals surface area contributed by atoms with Gasteiger partial charge >= 0.3 is 0 Å². The third kappa shape index (κ3) is 4.03. The lowest BCUT2D eigenvalue weighted by molar-refractivity contribution is 0.143. The molecule has 3 heteroatoms. The van der Waals surface area contributed by atoms with Crippen LogP contribution in [-0.4, -0.2) is 35.5 Å². The SMILES string of the molecule is CCCCCCN1N=CN(CCCC)C1C. The highest BCUT2D eigenvalue weighted by molar-refractivity contribution is 5.56. The minimum Gasteiger partial charge on any atom is -0.340 e. The largest absolute Gasteiger partial charge is 0.340 e. The van der Waals surface area contributed by atoms with Crippen LogP contribution in [0, 0.1) is 0 Å². The van der Waals surface area contributed by atoms with Gasteiger partial charge in [0.25, 0.3) is 0 Å². The predicted octanol–water partition coefficient (Wildman–Crippen LogP) is 3.27. The summed E-state index contributed by atoms with van der Waals surface area (Å²) in [6, 6.07) is 0. The van der Waals surface area contributed by atoms with Crippen molar-refractivity contribution >= 4 is 6.34 Å². The van der Waals surface area contributed by atoms with Crippen LogP contribution >= 0.6 is 0 Å². The molecule has 0 radical (unpaired) electrons. The number of unbranched alkanes of at least 4 members (excludes halogenated alkanes) is 4. The highest BCUT2D eigenvalue weighted by Crippen LogP contribution is 2.14. The van der Waals surface area contributed by atoms with Crippen molar-refractivity contribution < 1.29 is 0 Å². The predicted molar refractivity (Wildman–Crippen MR) is 70.4 cm³/mol. The fraction of sp³-hybridized carbons (Fsp3) is 0.923. The van der Waals surface area contributed by atoms with Gasteiger partial charge in [0.2, 0.25) is 0 Å². The van der Waals surface area contributed by atoms with Gasteiger partial charge in [-0.2, -0.15) is 5.10 Å². The summed E-state index contributed by atoms with van der Waals surface area (Å²) in [4.78, 5) is 2.35. The van der Waals surface area contributed by atoms with E-state index in [1.165, 1.54) is 38.5 Å². The van der Waals surface area contributed by atoms with Crippen molar-refractivity contribution in [2.24, 2.45) is 5.10 Å². The van der Waals surface area contributed by atoms with Crippen LogP contribution < -0.4 is 0 Å². The molecule has 0 aliphatic carbocycles. The molecule has 0 aromatic rings. The summed E-state index contributed by atoms with van der Waals surface area (Å²) < 4.78 is 0. The molecule has 0 N–H and O–H groups in total. The molecule has 0 aromatic carbocycles. The molecule has 1 aliphatic heterocycles. The Kier molecular flexibility index (Phi) is 6.27. The lowest BCUT2D eigenvalue weighted by Crippen LogP contribution is -2.37. The maximum Gasteiger partial charge on any atom is 0.116 e. The highest BCUT2D eigenvalue weighted by atomic mass is 15.6. The van der Waals surface area contributed by atoms with Crippen molar-refractivity contribution in [2.75, 3.05) is 13.1 Å². The average Bonchev–Trinajstić information content (AvgIpc) is 2.64. The van der Waals surface area contributed by atoms with Gasteiger partial charge in [-0.15, -0.1) is 0 Å². The Balaban J connectivity index is 2.18. The maximum absolute atomic E-state index is 4.48. The Morgan fingerprint density at radius 3 is 2.44 bits per heavy atom. The van der Waals surface area contributed by atoms with Crippen LogP contribution in [0.5, 0.6) is 0 Å². The highest BCUT2D eigenvalue weighted by Gasteiger charge is 2.21. The molecule has 0 spiro atoms. The van der Waals surface area contributed by atoms with Crippen LogP contribution in [0.2, 0.25) is 0 Å². The van der Waals surface area contributed by atoms with Crippen molar-refractivity contribution in [1.29, 1.82) is 0 Å². The first kappa shape index (κ1) is 13.3. The van der Waals surface area contributed by atoms with E-state index in [1.807, 2.05) is 6.34 Å². The van der Waals surface area contributed by atoms with Crippen molar-refractivity contribution in [3.63, 3.8) is 0 Å². The molecule has 1 atom stereocenters. The van der Waals surface area contributed by atoms with E-state index in [4.69, 9.17) is 0 Å². The van der Waals surface area contributed by atoms with E-state index < -0.39 is 0 Å². The summed E-state index contributed by atoms with van der Waals surface area (Å²) in [5, 5.41) is 6.71. The maximum atomic E-state index is 4.48. The summed E-state index contributed by atoms with van der Waals surface area (Å²) >= 11 is 0. The van der Waals surface area contributed by atoms with E-state index in [9.17, 15) is 0 Å². The van der Waals surface area contributed by atoms with Crippen LogP contribution in [0.25, 0.3) is 0 Å². The number of hydrogen-bond donors (Lipinski definition) is 0. The Morgan fingerprint density at radius 2 is 1.75 bits per heavy atom. The summed E-state index contributed by atoms with van der Waals surface area (Å²) in [7, 11) is 0. The van der Waals surface area contributed by atoms with Crippen LogP contribution in [0.3, 0.4) is 0 Å². The number of hydrazone groups is 1. The van der Waals surface area contributed by atoms with Gasteiger partial charge in [-0.1, -0.05) is 39.5 Å². The van der Waals surface area contributed by atoms with Crippen molar-refractivity contribution in [3.05, 3.63) is 0 Å². The summed E-state index contributed by atoms with van der Waals surface area (Å²) in [6.07, 6.45) is 10.3. The van der Waals surface area contributed by atoms with E-state index in [2.05, 4.69) is 35.8 Å². The minimum absolute atomic E-state index is 0.466. The van der Waals surface area contributed by atoms with Gasteiger partial charge in [0, 0.05) is 13.1 Å². The van der Waals surface area contributed by atoms with Crippen molar-refractivity contribution in [3.8, 4) is 0 Å². The Bertz CT molecular complexity index is 203. The van der Waals surface area contributed by atoms with Crippen LogP contribution in [-0.2, 0) is 0 Å². The van der Waals surface area contributed by atoms with Crippen LogP contribution in [0.4, 0.5) is 0 Å². The molecule has 0 saturated carbocycles. The zero-order valence-electron chi connectivity index (χ0n) is 11.2. The summed E-state index contributed by atoms with van der Waals surface area (Å²) in [5.74, 6) is 0. The quantitative estimate of drug-likeness (QED) is 0.590. The monoisotopic (exact) mass is 225 g/mol. The molecule has 1 aliphatic rings. The third-order valence-electron chi connectivity index (χ3n) is 3.27. The molecule has 0 saturated heterocycles. The topological polar surface area (TPSA) is 18.8 Å². The van der Waals surface area contributed by atoms with E-state index in [0.29, 0.717) is 6.17 Å². The van der Waals surface area contributed by atoms with Crippen LogP contribution in [0.1, 0.15) is 59.3 Å². The van der Waals surface area contributed by atoms with Gasteiger partial charge in [0.15, 0.2) is 0 Å². The Morgan fingerprint density at radius 1 is 1.00 bits per heavy atom. The standard InChI is InChI=1S/C13H27N3/c1-4-6-8-9-11-16-13(3)15(12-14-16)10-7-5-2/h12-13H,4-11H2,1-3H3. The molecule has 94 valence electrons. The van der Waals surface area contributed by atoms with E-state index in [0.717, 1.165) is 13.1 Å². The van der Waals surface area contributed by atoms with Crippen molar-refractivity contribution in [1.82, 2.24) is 9.91 Å². The first-order chi connectivity index (χ1) is 7.79. The normalized spacial score (nSPS) is 19.8. The summed E-state index contributed by atoms with van der Waals surface area (Å²) in [5.41, 5.74) is 0. The molecule has 0 fully saturated rings. The van der Waals surface area contributed by atoms with Gasteiger partial charge in [0.05, 0.1) is 0 Å². The van der Waals surface area contributed by atoms with Gasteiger partial charge in [-0.3, -0.25) is 5.01 Å². The smallest absolute Gasteiger partial charge is 0.116 e. The third-order valence-corrected chi connectivity index (χ3v) is 3.27. The molecule has 16 heavy (non-hydrogen) atoms. The Labute approximate surface area is 100 Å². The first-order valence-electron chi connectivity index (χ1n) is 6.86. The fourth-order valence-electron chi connectivity index (χ4n) is 2.03. The molecule has 0 bridgehead atoms. The summed E-state index contributed by atoms with van der Waals surface area (Å²) in [6.45, 7) is 9.00. The first-order valence-corrected chi connectivity index (χ1v) is 6.86. The lowest BCUT2D eigenvalue weighted by atomic mass is 10.2. The molecule has 0 aromatic heterocycles. The molecular formula is C13H27N3. The Hall–Kier alpha value is -0.730. The van der Waals surface area contributed by atoms with Gasteiger partial charge in [0.1, 0.15) is 12.5 Å². The second-order valence-electron chi connectivity index (χ2n) is 4.68. The zero-order valence-corrected chi connectivity index (χ0v) is 11.2. The van der Waals surface area contributed by atoms with E-state index in [-0.39, 0.29) is 0 Å². The molecule has 1 rings (SSSR count). The molecule has 0 amide bonds. The second kappa shape index (κ2) is 7.53. The molecule has 1 heterocycles. The van der Waals surface area contributed by atoms with Crippen molar-refractivity contribution in [2.45, 2.75) is 65.5 Å². The molecule has 3 nitrogen and oxygen atoms in total. The average molecular weight is 225 g/mol. The number of rotatable bonds is 8. The van der Waals surface area contributed by atoms with E-state index in [1.54, 1.807) is 0 Å². The fourth-order valence-corrected chi connectivity index (χ4v) is 2.03. The van der Waals surface area contributed by atoms with Gasteiger partial charge < -0.3 is 4.90 Å². The second-order valence-corrected chi connectivity index (χ2v) is 4.68. The van der Waals surface area contributed by atoms with E-state index >= 15 is 0 Å². The lowest BCUT2D eigenvalue weighted by Gasteiger charge is -2.27.